The van der Waals surface area contributed by atoms with Gasteiger partial charge in [-0.15, -0.1) is 0 Å². The zero-order valence-corrected chi connectivity index (χ0v) is 10.6. The molecule has 2 rings (SSSR count). The third-order valence-corrected chi connectivity index (χ3v) is 2.39. The van der Waals surface area contributed by atoms with Crippen LogP contribution in [0, 0.1) is 0 Å². The molecule has 0 saturated carbocycles. The third kappa shape index (κ3) is 4.11. The van der Waals surface area contributed by atoms with E-state index in [2.05, 4.69) is 15.3 Å². The van der Waals surface area contributed by atoms with Gasteiger partial charge in [-0.1, -0.05) is 11.6 Å². The summed E-state index contributed by atoms with van der Waals surface area (Å²) in [6.45, 7) is -0.119. The number of benzene rings is 1. The molecule has 1 heterocycles. The van der Waals surface area contributed by atoms with Gasteiger partial charge in [0.05, 0.1) is 18.1 Å². The molecular weight excluding hydrogens is 268 g/mol. The van der Waals surface area contributed by atoms with Gasteiger partial charge in [-0.3, -0.25) is 4.79 Å². The van der Waals surface area contributed by atoms with E-state index in [1.807, 2.05) is 0 Å². The maximum absolute atomic E-state index is 11.6. The maximum atomic E-state index is 11.6. The number of nitrogens with zero attached hydrogens (tertiary/aromatic N) is 2. The van der Waals surface area contributed by atoms with E-state index in [0.29, 0.717) is 16.5 Å². The molecule has 0 saturated heterocycles. The molecule has 0 spiro atoms. The summed E-state index contributed by atoms with van der Waals surface area (Å²) in [7, 11) is 0. The summed E-state index contributed by atoms with van der Waals surface area (Å²) in [5.41, 5.74) is 5.79. The van der Waals surface area contributed by atoms with E-state index >= 15 is 0 Å². The molecule has 0 fully saturated rings. The Hall–Kier alpha value is -2.34. The molecule has 0 aliphatic heterocycles. The standard InChI is InChI=1S/C12H11ClN4O2/c13-8-1-3-10(4-2-8)19-7-11(18)17-9-5-15-12(14)16-6-9/h1-6H,7H2,(H,17,18)(H2,14,15,16). The fraction of sp³-hybridized carbons (Fsp3) is 0.0833. The lowest BCUT2D eigenvalue weighted by Crippen LogP contribution is -2.20. The fourth-order valence-electron chi connectivity index (χ4n) is 1.28. The number of halogens is 1. The number of nitrogens with one attached hydrogen (secondary N) is 1. The zero-order valence-electron chi connectivity index (χ0n) is 9.84. The first-order valence-corrected chi connectivity index (χ1v) is 5.77. The molecule has 0 aliphatic rings. The second-order valence-corrected chi connectivity index (χ2v) is 4.06. The van der Waals surface area contributed by atoms with Crippen molar-refractivity contribution in [3.8, 4) is 5.75 Å². The van der Waals surface area contributed by atoms with Gasteiger partial charge in [0, 0.05) is 5.02 Å². The number of carbonyl (C=O) groups is 1. The van der Waals surface area contributed by atoms with Crippen LogP contribution in [0.4, 0.5) is 11.6 Å². The molecule has 6 nitrogen and oxygen atoms in total. The van der Waals surface area contributed by atoms with Crippen molar-refractivity contribution in [1.82, 2.24) is 9.97 Å². The molecule has 2 aromatic rings. The molecule has 0 unspecified atom stereocenters. The fourth-order valence-corrected chi connectivity index (χ4v) is 1.41. The van der Waals surface area contributed by atoms with Gasteiger partial charge in [-0.25, -0.2) is 9.97 Å². The number of aromatic nitrogens is 2. The normalized spacial score (nSPS) is 9.95. The molecule has 0 radical (unpaired) electrons. The van der Waals surface area contributed by atoms with Crippen molar-refractivity contribution in [3.05, 3.63) is 41.7 Å². The van der Waals surface area contributed by atoms with Crippen molar-refractivity contribution in [1.29, 1.82) is 0 Å². The van der Waals surface area contributed by atoms with Gasteiger partial charge in [0.25, 0.3) is 5.91 Å². The molecule has 98 valence electrons. The van der Waals surface area contributed by atoms with E-state index in [0.717, 1.165) is 0 Å². The van der Waals surface area contributed by atoms with Gasteiger partial charge in [0.15, 0.2) is 6.61 Å². The van der Waals surface area contributed by atoms with Crippen molar-refractivity contribution < 1.29 is 9.53 Å². The molecule has 0 aliphatic carbocycles. The van der Waals surface area contributed by atoms with Gasteiger partial charge in [0.1, 0.15) is 5.75 Å². The number of nitrogen functional groups attached to an aromatic ring is 1. The quantitative estimate of drug-likeness (QED) is 0.889. The van der Waals surface area contributed by atoms with Crippen LogP contribution in [-0.4, -0.2) is 22.5 Å². The SMILES string of the molecule is Nc1ncc(NC(=O)COc2ccc(Cl)cc2)cn1. The number of carbonyl (C=O) groups excluding carboxylic acids is 1. The average Bonchev–Trinajstić information content (AvgIpc) is 2.41. The number of hydrogen-bond donors (Lipinski definition) is 2. The monoisotopic (exact) mass is 278 g/mol. The number of rotatable bonds is 4. The van der Waals surface area contributed by atoms with Gasteiger partial charge in [-0.05, 0) is 24.3 Å². The average molecular weight is 279 g/mol. The third-order valence-electron chi connectivity index (χ3n) is 2.14. The van der Waals surface area contributed by atoms with Gasteiger partial charge in [0.2, 0.25) is 5.95 Å². The second kappa shape index (κ2) is 6.01. The van der Waals surface area contributed by atoms with Crippen LogP contribution in [0.5, 0.6) is 5.75 Å². The smallest absolute Gasteiger partial charge is 0.262 e. The number of ether oxygens (including phenoxy) is 1. The molecule has 3 N–H and O–H groups in total. The minimum absolute atomic E-state index is 0.119. The van der Waals surface area contributed by atoms with E-state index in [9.17, 15) is 4.79 Å². The van der Waals surface area contributed by atoms with E-state index < -0.39 is 0 Å². The minimum atomic E-state index is -0.316. The van der Waals surface area contributed by atoms with E-state index in [1.54, 1.807) is 24.3 Å². The molecule has 7 heteroatoms. The van der Waals surface area contributed by atoms with Crippen LogP contribution in [0.1, 0.15) is 0 Å². The van der Waals surface area contributed by atoms with Crippen molar-refractivity contribution >= 4 is 29.1 Å². The highest BCUT2D eigenvalue weighted by Crippen LogP contribution is 2.15. The van der Waals surface area contributed by atoms with E-state index in [-0.39, 0.29) is 18.5 Å². The van der Waals surface area contributed by atoms with E-state index in [1.165, 1.54) is 12.4 Å². The predicted molar refractivity (Wildman–Crippen MR) is 72.0 cm³/mol. The van der Waals surface area contributed by atoms with Crippen LogP contribution < -0.4 is 15.8 Å². The number of anilines is 2. The van der Waals surface area contributed by atoms with Crippen molar-refractivity contribution in [3.63, 3.8) is 0 Å². The van der Waals surface area contributed by atoms with Crippen LogP contribution in [0.25, 0.3) is 0 Å². The molecule has 1 aromatic carbocycles. The molecule has 0 atom stereocenters. The molecule has 19 heavy (non-hydrogen) atoms. The Kier molecular flexibility index (Phi) is 4.15. The Balaban J connectivity index is 1.84. The van der Waals surface area contributed by atoms with Crippen molar-refractivity contribution in [2.75, 3.05) is 17.7 Å². The molecule has 1 amide bonds. The van der Waals surface area contributed by atoms with Crippen LogP contribution in [0.15, 0.2) is 36.7 Å². The second-order valence-electron chi connectivity index (χ2n) is 3.62. The maximum Gasteiger partial charge on any atom is 0.262 e. The molecular formula is C12H11ClN4O2. The Morgan fingerprint density at radius 1 is 1.26 bits per heavy atom. The minimum Gasteiger partial charge on any atom is -0.484 e. The lowest BCUT2D eigenvalue weighted by molar-refractivity contribution is -0.118. The highest BCUT2D eigenvalue weighted by atomic mass is 35.5. The van der Waals surface area contributed by atoms with Crippen LogP contribution in [0.2, 0.25) is 5.02 Å². The summed E-state index contributed by atoms with van der Waals surface area (Å²) in [5.74, 6) is 0.395. The predicted octanol–water partition coefficient (Wildman–Crippen LogP) is 1.73. The van der Waals surface area contributed by atoms with Crippen LogP contribution in [-0.2, 0) is 4.79 Å². The first-order valence-electron chi connectivity index (χ1n) is 5.39. The Morgan fingerprint density at radius 3 is 2.53 bits per heavy atom. The van der Waals surface area contributed by atoms with Crippen LogP contribution >= 0.6 is 11.6 Å². The van der Waals surface area contributed by atoms with Crippen molar-refractivity contribution in [2.24, 2.45) is 0 Å². The Morgan fingerprint density at radius 2 is 1.89 bits per heavy atom. The summed E-state index contributed by atoms with van der Waals surface area (Å²) in [5, 5.41) is 3.19. The summed E-state index contributed by atoms with van der Waals surface area (Å²) in [6.07, 6.45) is 2.84. The summed E-state index contributed by atoms with van der Waals surface area (Å²) >= 11 is 5.74. The number of nitrogens with two attached hydrogens (primary N) is 1. The van der Waals surface area contributed by atoms with Crippen molar-refractivity contribution in [2.45, 2.75) is 0 Å². The molecule has 1 aromatic heterocycles. The summed E-state index contributed by atoms with van der Waals surface area (Å²) in [4.78, 5) is 19.1. The van der Waals surface area contributed by atoms with E-state index in [4.69, 9.17) is 22.1 Å². The van der Waals surface area contributed by atoms with Crippen LogP contribution in [0.3, 0.4) is 0 Å². The summed E-state index contributed by atoms with van der Waals surface area (Å²) < 4.78 is 5.28. The number of amides is 1. The first-order chi connectivity index (χ1) is 9.13. The molecule has 0 bridgehead atoms. The largest absolute Gasteiger partial charge is 0.484 e. The lowest BCUT2D eigenvalue weighted by atomic mass is 10.3. The Bertz CT molecular complexity index is 557. The highest BCUT2D eigenvalue weighted by molar-refractivity contribution is 6.30. The lowest BCUT2D eigenvalue weighted by Gasteiger charge is -2.07. The summed E-state index contributed by atoms with van der Waals surface area (Å²) in [6, 6.07) is 6.73. The topological polar surface area (TPSA) is 90.1 Å². The zero-order chi connectivity index (χ0) is 13.7. The van der Waals surface area contributed by atoms with Gasteiger partial charge >= 0.3 is 0 Å². The highest BCUT2D eigenvalue weighted by Gasteiger charge is 2.04. The first kappa shape index (κ1) is 13.1. The Labute approximate surface area is 114 Å². The van der Waals surface area contributed by atoms with Gasteiger partial charge < -0.3 is 15.8 Å². The number of hydrogen-bond acceptors (Lipinski definition) is 5. The van der Waals surface area contributed by atoms with Gasteiger partial charge in [-0.2, -0.15) is 0 Å².